The molecule has 0 radical (unpaired) electrons. The Labute approximate surface area is 106 Å². The van der Waals surface area contributed by atoms with Crippen molar-refractivity contribution in [1.29, 1.82) is 0 Å². The standard InChI is InChI=1S/C10H14N2O3S2/c1-2-7-11-10(16)12-8-3-5-9(6-4-8)17(13,14)15/h3-6H,2,7H2,1H3,(H2,11,12,16)(H,13,14,15). The monoisotopic (exact) mass is 274 g/mol. The molecule has 0 spiro atoms. The summed E-state index contributed by atoms with van der Waals surface area (Å²) in [6.07, 6.45) is 0.962. The summed E-state index contributed by atoms with van der Waals surface area (Å²) < 4.78 is 30.4. The first-order valence-corrected chi connectivity index (χ1v) is 6.90. The molecule has 0 amide bonds. The molecular formula is C10H14N2O3S2. The zero-order valence-corrected chi connectivity index (χ0v) is 10.9. The summed E-state index contributed by atoms with van der Waals surface area (Å²) in [5.41, 5.74) is 0.658. The number of hydrogen-bond donors (Lipinski definition) is 3. The molecule has 5 nitrogen and oxygen atoms in total. The number of thiocarbonyl (C=S) groups is 1. The Morgan fingerprint density at radius 1 is 1.35 bits per heavy atom. The van der Waals surface area contributed by atoms with Crippen LogP contribution in [0.3, 0.4) is 0 Å². The van der Waals surface area contributed by atoms with Crippen molar-refractivity contribution in [2.75, 3.05) is 11.9 Å². The normalized spacial score (nSPS) is 10.9. The zero-order chi connectivity index (χ0) is 12.9. The van der Waals surface area contributed by atoms with E-state index in [1.165, 1.54) is 24.3 Å². The van der Waals surface area contributed by atoms with Crippen molar-refractivity contribution in [1.82, 2.24) is 5.32 Å². The third-order valence-corrected chi connectivity index (χ3v) is 3.06. The Hall–Kier alpha value is -1.18. The number of anilines is 1. The van der Waals surface area contributed by atoms with Crippen molar-refractivity contribution < 1.29 is 13.0 Å². The van der Waals surface area contributed by atoms with Crippen molar-refractivity contribution in [3.63, 3.8) is 0 Å². The predicted octanol–water partition coefficient (Wildman–Crippen LogP) is 1.63. The molecule has 0 atom stereocenters. The maximum absolute atomic E-state index is 10.8. The van der Waals surface area contributed by atoms with E-state index in [2.05, 4.69) is 10.6 Å². The van der Waals surface area contributed by atoms with Crippen molar-refractivity contribution in [3.8, 4) is 0 Å². The number of hydrogen-bond acceptors (Lipinski definition) is 3. The average molecular weight is 274 g/mol. The fraction of sp³-hybridized carbons (Fsp3) is 0.300. The number of rotatable bonds is 4. The van der Waals surface area contributed by atoms with Gasteiger partial charge in [0.15, 0.2) is 5.11 Å². The Bertz CT molecular complexity index is 483. The van der Waals surface area contributed by atoms with E-state index in [1.54, 1.807) is 0 Å². The third-order valence-electron chi connectivity index (χ3n) is 1.95. The van der Waals surface area contributed by atoms with Crippen LogP contribution in [0.1, 0.15) is 13.3 Å². The van der Waals surface area contributed by atoms with Gasteiger partial charge in [-0.2, -0.15) is 8.42 Å². The Morgan fingerprint density at radius 2 is 1.94 bits per heavy atom. The molecule has 7 heteroatoms. The Morgan fingerprint density at radius 3 is 2.41 bits per heavy atom. The van der Waals surface area contributed by atoms with E-state index in [0.717, 1.165) is 13.0 Å². The van der Waals surface area contributed by atoms with Crippen molar-refractivity contribution >= 4 is 33.1 Å². The van der Waals surface area contributed by atoms with E-state index in [-0.39, 0.29) is 4.90 Å². The molecule has 1 aromatic rings. The van der Waals surface area contributed by atoms with Crippen LogP contribution in [0.5, 0.6) is 0 Å². The van der Waals surface area contributed by atoms with Gasteiger partial charge in [0.1, 0.15) is 0 Å². The topological polar surface area (TPSA) is 78.4 Å². The molecule has 1 aromatic carbocycles. The average Bonchev–Trinajstić information content (AvgIpc) is 2.26. The second kappa shape index (κ2) is 5.95. The molecule has 0 bridgehead atoms. The van der Waals surface area contributed by atoms with Gasteiger partial charge in [-0.15, -0.1) is 0 Å². The first-order valence-electron chi connectivity index (χ1n) is 5.06. The van der Waals surface area contributed by atoms with Crippen molar-refractivity contribution in [2.45, 2.75) is 18.2 Å². The van der Waals surface area contributed by atoms with Gasteiger partial charge in [-0.3, -0.25) is 4.55 Å². The molecule has 0 saturated heterocycles. The van der Waals surface area contributed by atoms with Crippen LogP contribution in [-0.4, -0.2) is 24.6 Å². The van der Waals surface area contributed by atoms with E-state index < -0.39 is 10.1 Å². The molecule has 17 heavy (non-hydrogen) atoms. The van der Waals surface area contributed by atoms with Crippen LogP contribution in [0.2, 0.25) is 0 Å². The molecule has 3 N–H and O–H groups in total. The quantitative estimate of drug-likeness (QED) is 0.572. The van der Waals surface area contributed by atoms with Gasteiger partial charge >= 0.3 is 0 Å². The second-order valence-electron chi connectivity index (χ2n) is 3.38. The van der Waals surface area contributed by atoms with Gasteiger partial charge in [-0.05, 0) is 42.9 Å². The van der Waals surface area contributed by atoms with Crippen molar-refractivity contribution in [3.05, 3.63) is 24.3 Å². The second-order valence-corrected chi connectivity index (χ2v) is 5.21. The van der Waals surface area contributed by atoms with Crippen LogP contribution in [0, 0.1) is 0 Å². The van der Waals surface area contributed by atoms with E-state index in [1.807, 2.05) is 6.92 Å². The van der Waals surface area contributed by atoms with Gasteiger partial charge < -0.3 is 10.6 Å². The maximum Gasteiger partial charge on any atom is 0.294 e. The summed E-state index contributed by atoms with van der Waals surface area (Å²) in [4.78, 5) is -0.143. The number of benzene rings is 1. The molecule has 0 heterocycles. The van der Waals surface area contributed by atoms with Gasteiger partial charge in [-0.25, -0.2) is 0 Å². The Balaban J connectivity index is 2.66. The van der Waals surface area contributed by atoms with Crippen LogP contribution < -0.4 is 10.6 Å². The molecule has 0 aliphatic heterocycles. The first kappa shape index (κ1) is 13.9. The lowest BCUT2D eigenvalue weighted by molar-refractivity contribution is 0.483. The molecule has 0 aromatic heterocycles. The van der Waals surface area contributed by atoms with Crippen molar-refractivity contribution in [2.24, 2.45) is 0 Å². The highest BCUT2D eigenvalue weighted by atomic mass is 32.2. The molecule has 0 saturated carbocycles. The molecular weight excluding hydrogens is 260 g/mol. The molecule has 0 fully saturated rings. The van der Waals surface area contributed by atoms with Crippen LogP contribution in [0.25, 0.3) is 0 Å². The first-order chi connectivity index (χ1) is 7.93. The SMILES string of the molecule is CCCNC(=S)Nc1ccc(S(=O)(=O)O)cc1. The van der Waals surface area contributed by atoms with E-state index in [4.69, 9.17) is 16.8 Å². The molecule has 1 rings (SSSR count). The van der Waals surface area contributed by atoms with Gasteiger partial charge in [0.25, 0.3) is 10.1 Å². The third kappa shape index (κ3) is 4.68. The maximum atomic E-state index is 10.8. The fourth-order valence-corrected chi connectivity index (χ4v) is 1.82. The fourth-order valence-electron chi connectivity index (χ4n) is 1.12. The summed E-state index contributed by atoms with van der Waals surface area (Å²) in [5.74, 6) is 0. The summed E-state index contributed by atoms with van der Waals surface area (Å²) in [6.45, 7) is 2.80. The minimum atomic E-state index is -4.14. The lowest BCUT2D eigenvalue weighted by Gasteiger charge is -2.09. The molecule has 94 valence electrons. The van der Waals surface area contributed by atoms with Gasteiger partial charge in [-0.1, -0.05) is 6.92 Å². The summed E-state index contributed by atoms with van der Waals surface area (Å²) >= 11 is 5.02. The molecule has 0 unspecified atom stereocenters. The summed E-state index contributed by atoms with van der Waals surface area (Å²) in [7, 11) is -4.14. The molecule has 0 aliphatic rings. The van der Waals surface area contributed by atoms with Crippen LogP contribution in [0.15, 0.2) is 29.2 Å². The lowest BCUT2D eigenvalue weighted by Crippen LogP contribution is -2.28. The highest BCUT2D eigenvalue weighted by Crippen LogP contribution is 2.13. The number of nitrogens with one attached hydrogen (secondary N) is 2. The van der Waals surface area contributed by atoms with Gasteiger partial charge in [0, 0.05) is 12.2 Å². The zero-order valence-electron chi connectivity index (χ0n) is 9.30. The van der Waals surface area contributed by atoms with E-state index in [9.17, 15) is 8.42 Å². The molecule has 0 aliphatic carbocycles. The van der Waals surface area contributed by atoms with Crippen LogP contribution in [-0.2, 0) is 10.1 Å². The van der Waals surface area contributed by atoms with E-state index >= 15 is 0 Å². The van der Waals surface area contributed by atoms with Gasteiger partial charge in [0.2, 0.25) is 0 Å². The lowest BCUT2D eigenvalue weighted by atomic mass is 10.3. The minimum Gasteiger partial charge on any atom is -0.362 e. The predicted molar refractivity (Wildman–Crippen MR) is 70.8 cm³/mol. The van der Waals surface area contributed by atoms with Gasteiger partial charge in [0.05, 0.1) is 4.90 Å². The summed E-state index contributed by atoms with van der Waals surface area (Å²) in [6, 6.07) is 5.67. The minimum absolute atomic E-state index is 0.143. The highest BCUT2D eigenvalue weighted by Gasteiger charge is 2.08. The van der Waals surface area contributed by atoms with E-state index in [0.29, 0.717) is 10.8 Å². The smallest absolute Gasteiger partial charge is 0.294 e. The largest absolute Gasteiger partial charge is 0.362 e. The van der Waals surface area contributed by atoms with Crippen LogP contribution >= 0.6 is 12.2 Å². The van der Waals surface area contributed by atoms with Crippen LogP contribution in [0.4, 0.5) is 5.69 Å². The highest BCUT2D eigenvalue weighted by molar-refractivity contribution is 7.85. The summed E-state index contributed by atoms with van der Waals surface area (Å²) in [5, 5.41) is 6.36. The Kier molecular flexibility index (Phi) is 4.86.